The van der Waals surface area contributed by atoms with Crippen molar-refractivity contribution in [1.29, 1.82) is 0 Å². The zero-order chi connectivity index (χ0) is 19.6. The molecule has 0 bridgehead atoms. The van der Waals surface area contributed by atoms with E-state index in [4.69, 9.17) is 34.8 Å². The van der Waals surface area contributed by atoms with Gasteiger partial charge in [-0.2, -0.15) is 10.1 Å². The quantitative estimate of drug-likeness (QED) is 0.730. The molecule has 9 heteroatoms. The van der Waals surface area contributed by atoms with E-state index in [0.29, 0.717) is 44.8 Å². The van der Waals surface area contributed by atoms with Crippen LogP contribution < -0.4 is 10.3 Å². The van der Waals surface area contributed by atoms with Gasteiger partial charge in [-0.15, -0.1) is 0 Å². The van der Waals surface area contributed by atoms with Crippen molar-refractivity contribution in [3.8, 4) is 0 Å². The summed E-state index contributed by atoms with van der Waals surface area (Å²) < 4.78 is 4.68. The predicted molar refractivity (Wildman–Crippen MR) is 106 cm³/mol. The van der Waals surface area contributed by atoms with Gasteiger partial charge in [0.1, 0.15) is 0 Å². The van der Waals surface area contributed by atoms with Gasteiger partial charge in [0, 0.05) is 27.7 Å². The molecular weight excluding hydrogens is 413 g/mol. The van der Waals surface area contributed by atoms with Crippen LogP contribution in [0, 0.1) is 0 Å². The Morgan fingerprint density at radius 3 is 2.48 bits per heavy atom. The Balaban J connectivity index is 1.90. The van der Waals surface area contributed by atoms with Crippen LogP contribution in [-0.2, 0) is 11.2 Å². The van der Waals surface area contributed by atoms with E-state index in [1.807, 2.05) is 0 Å². The van der Waals surface area contributed by atoms with Crippen molar-refractivity contribution in [3.05, 3.63) is 62.1 Å². The minimum absolute atomic E-state index is 0.354. The minimum Gasteiger partial charge on any atom is -0.465 e. The molecule has 0 saturated heterocycles. The summed E-state index contributed by atoms with van der Waals surface area (Å²) in [6, 6.07) is 7.74. The standard InChI is InChI=1S/C18H14Cl3N3O3/c1-27-17(25)11-3-2-10(14(19)7-11)6-13-15(20)8-12(9-16(13)21)24-18(26)22-4-5-23-24/h2-3,5,7-9H,4,6H2,1H3,(H,22,26). The largest absolute Gasteiger partial charge is 0.465 e. The number of hydrogen-bond acceptors (Lipinski definition) is 4. The van der Waals surface area contributed by atoms with Crippen molar-refractivity contribution in [1.82, 2.24) is 5.32 Å². The molecule has 3 rings (SSSR count). The van der Waals surface area contributed by atoms with Crippen molar-refractivity contribution < 1.29 is 14.3 Å². The van der Waals surface area contributed by atoms with E-state index in [1.54, 1.807) is 30.5 Å². The van der Waals surface area contributed by atoms with Crippen molar-refractivity contribution in [2.75, 3.05) is 18.7 Å². The van der Waals surface area contributed by atoms with Gasteiger partial charge in [0.05, 0.1) is 24.9 Å². The molecule has 1 aliphatic rings. The van der Waals surface area contributed by atoms with E-state index in [0.717, 1.165) is 5.56 Å². The molecule has 1 aliphatic heterocycles. The second-order valence-corrected chi connectivity index (χ2v) is 6.88. The molecule has 0 atom stereocenters. The molecule has 0 saturated carbocycles. The number of rotatable bonds is 4. The summed E-state index contributed by atoms with van der Waals surface area (Å²) >= 11 is 19.1. The number of esters is 1. The van der Waals surface area contributed by atoms with E-state index in [-0.39, 0.29) is 6.03 Å². The Kier molecular flexibility index (Phi) is 5.89. The Hall–Kier alpha value is -2.28. The van der Waals surface area contributed by atoms with Crippen LogP contribution in [0.25, 0.3) is 0 Å². The number of nitrogens with zero attached hydrogens (tertiary/aromatic N) is 2. The van der Waals surface area contributed by atoms with Crippen molar-refractivity contribution in [2.24, 2.45) is 5.10 Å². The first-order chi connectivity index (χ1) is 12.9. The molecule has 140 valence electrons. The van der Waals surface area contributed by atoms with Crippen LogP contribution in [0.15, 0.2) is 35.4 Å². The highest BCUT2D eigenvalue weighted by Gasteiger charge is 2.20. The van der Waals surface area contributed by atoms with Gasteiger partial charge in [-0.3, -0.25) is 0 Å². The monoisotopic (exact) mass is 425 g/mol. The van der Waals surface area contributed by atoms with Crippen LogP contribution in [-0.4, -0.2) is 31.9 Å². The van der Waals surface area contributed by atoms with E-state index in [2.05, 4.69) is 15.2 Å². The number of halogens is 3. The first-order valence-corrected chi connectivity index (χ1v) is 8.99. The number of anilines is 1. The molecule has 2 aromatic rings. The number of methoxy groups -OCH3 is 1. The van der Waals surface area contributed by atoms with Crippen LogP contribution in [0.3, 0.4) is 0 Å². The summed E-state index contributed by atoms with van der Waals surface area (Å²) in [5.41, 5.74) is 2.20. The fourth-order valence-electron chi connectivity index (χ4n) is 2.57. The lowest BCUT2D eigenvalue weighted by molar-refractivity contribution is 0.0600. The number of benzene rings is 2. The first-order valence-electron chi connectivity index (χ1n) is 7.85. The Morgan fingerprint density at radius 2 is 1.89 bits per heavy atom. The summed E-state index contributed by atoms with van der Waals surface area (Å²) in [4.78, 5) is 23.5. The van der Waals surface area contributed by atoms with E-state index in [9.17, 15) is 9.59 Å². The molecule has 1 N–H and O–H groups in total. The first kappa shape index (κ1) is 19.5. The van der Waals surface area contributed by atoms with Crippen LogP contribution in [0.4, 0.5) is 10.5 Å². The van der Waals surface area contributed by atoms with Crippen LogP contribution >= 0.6 is 34.8 Å². The lowest BCUT2D eigenvalue weighted by Crippen LogP contribution is -2.41. The van der Waals surface area contributed by atoms with Gasteiger partial charge in [-0.25, -0.2) is 9.59 Å². The van der Waals surface area contributed by atoms with Gasteiger partial charge in [0.25, 0.3) is 0 Å². The molecule has 0 radical (unpaired) electrons. The Labute approximate surface area is 170 Å². The van der Waals surface area contributed by atoms with Crippen LogP contribution in [0.5, 0.6) is 0 Å². The maximum atomic E-state index is 11.9. The third-order valence-corrected chi connectivity index (χ3v) is 4.97. The SMILES string of the molecule is COC(=O)c1ccc(Cc2c(Cl)cc(N3N=CCNC3=O)cc2Cl)c(Cl)c1. The lowest BCUT2D eigenvalue weighted by atomic mass is 10.0. The Morgan fingerprint density at radius 1 is 1.19 bits per heavy atom. The molecule has 27 heavy (non-hydrogen) atoms. The molecule has 0 aliphatic carbocycles. The number of amides is 2. The lowest BCUT2D eigenvalue weighted by Gasteiger charge is -2.22. The molecule has 2 aromatic carbocycles. The molecule has 6 nitrogen and oxygen atoms in total. The van der Waals surface area contributed by atoms with Gasteiger partial charge in [0.15, 0.2) is 0 Å². The van der Waals surface area contributed by atoms with Gasteiger partial charge >= 0.3 is 12.0 Å². The molecule has 1 heterocycles. The van der Waals surface area contributed by atoms with E-state index < -0.39 is 5.97 Å². The molecule has 2 amide bonds. The van der Waals surface area contributed by atoms with Gasteiger partial charge in [-0.05, 0) is 35.4 Å². The highest BCUT2D eigenvalue weighted by molar-refractivity contribution is 6.37. The maximum Gasteiger partial charge on any atom is 0.342 e. The predicted octanol–water partition coefficient (Wildman–Crippen LogP) is 4.54. The van der Waals surface area contributed by atoms with Crippen molar-refractivity contribution in [3.63, 3.8) is 0 Å². The van der Waals surface area contributed by atoms with Gasteiger partial charge in [-0.1, -0.05) is 40.9 Å². The van der Waals surface area contributed by atoms with E-state index in [1.165, 1.54) is 18.2 Å². The second-order valence-electron chi connectivity index (χ2n) is 5.66. The summed E-state index contributed by atoms with van der Waals surface area (Å²) in [6.45, 7) is 0.370. The maximum absolute atomic E-state index is 11.9. The number of urea groups is 1. The zero-order valence-corrected chi connectivity index (χ0v) is 16.4. The topological polar surface area (TPSA) is 71.0 Å². The Bertz CT molecular complexity index is 924. The molecule has 0 aromatic heterocycles. The van der Waals surface area contributed by atoms with Gasteiger partial charge in [0.2, 0.25) is 0 Å². The average molecular weight is 427 g/mol. The third kappa shape index (κ3) is 4.18. The number of nitrogens with one attached hydrogen (secondary N) is 1. The van der Waals surface area contributed by atoms with Crippen LogP contribution in [0.1, 0.15) is 21.5 Å². The molecule has 0 fully saturated rings. The van der Waals surface area contributed by atoms with E-state index >= 15 is 0 Å². The number of hydrogen-bond donors (Lipinski definition) is 1. The summed E-state index contributed by atoms with van der Waals surface area (Å²) in [6.07, 6.45) is 1.92. The minimum atomic E-state index is -0.468. The normalized spacial score (nSPS) is 13.5. The smallest absolute Gasteiger partial charge is 0.342 e. The zero-order valence-electron chi connectivity index (χ0n) is 14.1. The number of hydrazone groups is 1. The molecular formula is C18H14Cl3N3O3. The fourth-order valence-corrected chi connectivity index (χ4v) is 3.43. The fraction of sp³-hybridized carbons (Fsp3) is 0.167. The van der Waals surface area contributed by atoms with Crippen molar-refractivity contribution in [2.45, 2.75) is 6.42 Å². The van der Waals surface area contributed by atoms with Crippen molar-refractivity contribution >= 4 is 58.7 Å². The summed E-state index contributed by atoms with van der Waals surface area (Å²) in [5, 5.41) is 9.02. The van der Waals surface area contributed by atoms with Crippen LogP contribution in [0.2, 0.25) is 15.1 Å². The summed E-state index contributed by atoms with van der Waals surface area (Å²) in [5.74, 6) is -0.468. The number of carbonyl (C=O) groups excluding carboxylic acids is 2. The summed E-state index contributed by atoms with van der Waals surface area (Å²) in [7, 11) is 1.30. The second kappa shape index (κ2) is 8.17. The average Bonchev–Trinajstić information content (AvgIpc) is 2.65. The highest BCUT2D eigenvalue weighted by atomic mass is 35.5. The number of ether oxygens (including phenoxy) is 1. The van der Waals surface area contributed by atoms with Gasteiger partial charge < -0.3 is 10.1 Å². The molecule has 0 unspecified atom stereocenters. The third-order valence-electron chi connectivity index (χ3n) is 3.95. The number of carbonyl (C=O) groups is 2. The highest BCUT2D eigenvalue weighted by Crippen LogP contribution is 2.34. The molecule has 0 spiro atoms.